The van der Waals surface area contributed by atoms with Gasteiger partial charge in [-0.25, -0.2) is 4.98 Å². The summed E-state index contributed by atoms with van der Waals surface area (Å²) in [6.07, 6.45) is 4.85. The van der Waals surface area contributed by atoms with Gasteiger partial charge in [-0.15, -0.1) is 0 Å². The van der Waals surface area contributed by atoms with Crippen molar-refractivity contribution in [3.05, 3.63) is 74.7 Å². The fourth-order valence-electron chi connectivity index (χ4n) is 4.80. The lowest BCUT2D eigenvalue weighted by Crippen LogP contribution is -2.39. The first kappa shape index (κ1) is 24.1. The number of carbonyl (C=O) groups excluding carboxylic acids is 1. The Balaban J connectivity index is 1.40. The molecule has 0 saturated carbocycles. The lowest BCUT2D eigenvalue weighted by atomic mass is 10.0. The highest BCUT2D eigenvalue weighted by Gasteiger charge is 2.17. The van der Waals surface area contributed by atoms with E-state index in [1.807, 2.05) is 43.3 Å². The van der Waals surface area contributed by atoms with Gasteiger partial charge in [0.05, 0.1) is 17.6 Å². The van der Waals surface area contributed by atoms with Gasteiger partial charge in [0, 0.05) is 24.7 Å². The summed E-state index contributed by atoms with van der Waals surface area (Å²) in [6.45, 7) is 11.5. The van der Waals surface area contributed by atoms with Crippen LogP contribution >= 0.6 is 0 Å². The van der Waals surface area contributed by atoms with Crippen LogP contribution in [0, 0.1) is 20.8 Å². The Morgan fingerprint density at radius 3 is 2.56 bits per heavy atom. The highest BCUT2D eigenvalue weighted by molar-refractivity contribution is 5.94. The monoisotopic (exact) mass is 460 g/mol. The van der Waals surface area contributed by atoms with Gasteiger partial charge in [0.1, 0.15) is 5.69 Å². The Morgan fingerprint density at radius 1 is 1.09 bits per heavy atom. The van der Waals surface area contributed by atoms with Crippen LogP contribution in [0.15, 0.2) is 41.2 Å². The van der Waals surface area contributed by atoms with Crippen LogP contribution in [0.25, 0.3) is 11.0 Å². The second-order valence-electron chi connectivity index (χ2n) is 9.70. The summed E-state index contributed by atoms with van der Waals surface area (Å²) in [5.74, 6) is -0.0493. The number of hydrogen-bond donors (Lipinski definition) is 1. The normalized spacial score (nSPS) is 16.6. The lowest BCUT2D eigenvalue weighted by molar-refractivity contribution is 0.0949. The molecule has 1 saturated heterocycles. The fourth-order valence-corrected chi connectivity index (χ4v) is 4.80. The molecule has 0 aliphatic carbocycles. The Bertz CT molecular complexity index is 1230. The molecule has 6 heteroatoms. The number of fused-ring (bicyclic) bond motifs is 1. The highest BCUT2D eigenvalue weighted by atomic mass is 16.1. The SMILES string of the molecule is Cc1cc2nc(C)c(=O)n(Cc3ccc(C(=O)NCCCN4CCCC[C@H]4C)cc3)c2cc1C. The van der Waals surface area contributed by atoms with Gasteiger partial charge in [-0.1, -0.05) is 18.6 Å². The molecule has 6 nitrogen and oxygen atoms in total. The fraction of sp³-hybridized carbons (Fsp3) is 0.464. The number of benzene rings is 2. The van der Waals surface area contributed by atoms with Crippen LogP contribution in [0.4, 0.5) is 0 Å². The topological polar surface area (TPSA) is 67.2 Å². The molecule has 1 amide bonds. The van der Waals surface area contributed by atoms with Crippen LogP contribution < -0.4 is 10.9 Å². The molecule has 3 aromatic rings. The van der Waals surface area contributed by atoms with E-state index in [0.717, 1.165) is 40.7 Å². The van der Waals surface area contributed by atoms with E-state index in [1.54, 1.807) is 11.5 Å². The van der Waals surface area contributed by atoms with Crippen molar-refractivity contribution in [2.45, 2.75) is 66.0 Å². The number of piperidine rings is 1. The van der Waals surface area contributed by atoms with Crippen LogP contribution in [0.2, 0.25) is 0 Å². The summed E-state index contributed by atoms with van der Waals surface area (Å²) in [7, 11) is 0. The Morgan fingerprint density at radius 2 is 1.82 bits per heavy atom. The summed E-state index contributed by atoms with van der Waals surface area (Å²) in [4.78, 5) is 32.5. The highest BCUT2D eigenvalue weighted by Crippen LogP contribution is 2.19. The average Bonchev–Trinajstić information content (AvgIpc) is 2.82. The minimum absolute atomic E-state index is 0.0493. The Labute approximate surface area is 202 Å². The quantitative estimate of drug-likeness (QED) is 0.532. The van der Waals surface area contributed by atoms with Crippen molar-refractivity contribution in [1.82, 2.24) is 19.8 Å². The van der Waals surface area contributed by atoms with E-state index in [-0.39, 0.29) is 11.5 Å². The van der Waals surface area contributed by atoms with Crippen LogP contribution in [-0.4, -0.2) is 46.0 Å². The summed E-state index contributed by atoms with van der Waals surface area (Å²) >= 11 is 0. The standard InChI is InChI=1S/C28H36N4O2/c1-19-16-25-26(17-20(19)2)32(28(34)22(4)30-25)18-23-9-11-24(12-10-23)27(33)29-13-7-15-31-14-6-5-8-21(31)3/h9-12,16-17,21H,5-8,13-15,18H2,1-4H3,(H,29,33)/t21-/m1/s1. The van der Waals surface area contributed by atoms with Crippen molar-refractivity contribution in [2.24, 2.45) is 0 Å². The van der Waals surface area contributed by atoms with Gasteiger partial charge in [-0.3, -0.25) is 9.59 Å². The van der Waals surface area contributed by atoms with Crippen molar-refractivity contribution < 1.29 is 4.79 Å². The molecule has 0 bridgehead atoms. The number of hydrogen-bond acceptors (Lipinski definition) is 4. The molecular formula is C28H36N4O2. The number of amides is 1. The number of aromatic nitrogens is 2. The maximum Gasteiger partial charge on any atom is 0.272 e. The number of aryl methyl sites for hydroxylation is 3. The molecule has 1 aromatic heterocycles. The third-order valence-corrected chi connectivity index (χ3v) is 7.13. The lowest BCUT2D eigenvalue weighted by Gasteiger charge is -2.33. The van der Waals surface area contributed by atoms with E-state index in [2.05, 4.69) is 29.0 Å². The van der Waals surface area contributed by atoms with Gasteiger partial charge in [-0.05, 0) is 94.5 Å². The molecule has 0 spiro atoms. The van der Waals surface area contributed by atoms with E-state index in [4.69, 9.17) is 0 Å². The van der Waals surface area contributed by atoms with Gasteiger partial charge in [0.15, 0.2) is 0 Å². The van der Waals surface area contributed by atoms with E-state index in [9.17, 15) is 9.59 Å². The van der Waals surface area contributed by atoms with Gasteiger partial charge in [0.25, 0.3) is 11.5 Å². The largest absolute Gasteiger partial charge is 0.352 e. The molecule has 0 radical (unpaired) electrons. The van der Waals surface area contributed by atoms with E-state index in [0.29, 0.717) is 30.4 Å². The number of nitrogens with zero attached hydrogens (tertiary/aromatic N) is 3. The number of nitrogens with one attached hydrogen (secondary N) is 1. The van der Waals surface area contributed by atoms with Gasteiger partial charge >= 0.3 is 0 Å². The first-order valence-corrected chi connectivity index (χ1v) is 12.4. The van der Waals surface area contributed by atoms with Gasteiger partial charge < -0.3 is 14.8 Å². The summed E-state index contributed by atoms with van der Waals surface area (Å²) in [6, 6.07) is 12.3. The second kappa shape index (κ2) is 10.5. The molecule has 4 rings (SSSR count). The minimum Gasteiger partial charge on any atom is -0.352 e. The van der Waals surface area contributed by atoms with Crippen molar-refractivity contribution >= 4 is 16.9 Å². The average molecular weight is 461 g/mol. The van der Waals surface area contributed by atoms with Gasteiger partial charge in [-0.2, -0.15) is 0 Å². The molecule has 1 fully saturated rings. The zero-order valence-electron chi connectivity index (χ0n) is 20.9. The van der Waals surface area contributed by atoms with Crippen molar-refractivity contribution in [1.29, 1.82) is 0 Å². The van der Waals surface area contributed by atoms with Crippen LogP contribution in [0.3, 0.4) is 0 Å². The number of carbonyl (C=O) groups is 1. The molecular weight excluding hydrogens is 424 g/mol. The van der Waals surface area contributed by atoms with Crippen LogP contribution in [-0.2, 0) is 6.54 Å². The smallest absolute Gasteiger partial charge is 0.272 e. The summed E-state index contributed by atoms with van der Waals surface area (Å²) < 4.78 is 1.78. The summed E-state index contributed by atoms with van der Waals surface area (Å²) in [5, 5.41) is 3.05. The minimum atomic E-state index is -0.0828. The van der Waals surface area contributed by atoms with Crippen molar-refractivity contribution in [3.63, 3.8) is 0 Å². The van der Waals surface area contributed by atoms with E-state index in [1.165, 1.54) is 25.8 Å². The van der Waals surface area contributed by atoms with Crippen molar-refractivity contribution in [3.8, 4) is 0 Å². The maximum atomic E-state index is 12.9. The molecule has 1 N–H and O–H groups in total. The third-order valence-electron chi connectivity index (χ3n) is 7.13. The molecule has 2 heterocycles. The van der Waals surface area contributed by atoms with E-state index < -0.39 is 0 Å². The third kappa shape index (κ3) is 5.39. The van der Waals surface area contributed by atoms with Crippen LogP contribution in [0.5, 0.6) is 0 Å². The predicted molar refractivity (Wildman–Crippen MR) is 138 cm³/mol. The second-order valence-corrected chi connectivity index (χ2v) is 9.70. The molecule has 0 unspecified atom stereocenters. The molecule has 1 aliphatic rings. The molecule has 1 aliphatic heterocycles. The summed E-state index contributed by atoms with van der Waals surface area (Å²) in [5.41, 5.74) is 5.98. The molecule has 1 atom stereocenters. The van der Waals surface area contributed by atoms with Crippen molar-refractivity contribution in [2.75, 3.05) is 19.6 Å². The predicted octanol–water partition coefficient (Wildman–Crippen LogP) is 4.36. The molecule has 180 valence electrons. The number of likely N-dealkylation sites (tertiary alicyclic amines) is 1. The molecule has 34 heavy (non-hydrogen) atoms. The zero-order valence-corrected chi connectivity index (χ0v) is 20.9. The molecule has 2 aromatic carbocycles. The Kier molecular flexibility index (Phi) is 7.47. The van der Waals surface area contributed by atoms with E-state index >= 15 is 0 Å². The van der Waals surface area contributed by atoms with Crippen LogP contribution in [0.1, 0.15) is 65.3 Å². The maximum absolute atomic E-state index is 12.9. The first-order chi connectivity index (χ1) is 16.3. The first-order valence-electron chi connectivity index (χ1n) is 12.4. The zero-order chi connectivity index (χ0) is 24.2. The Hall–Kier alpha value is -2.99. The van der Waals surface area contributed by atoms with Gasteiger partial charge in [0.2, 0.25) is 0 Å². The number of rotatable bonds is 7.